The van der Waals surface area contributed by atoms with Crippen LogP contribution in [0.1, 0.15) is 15.9 Å². The van der Waals surface area contributed by atoms with Gasteiger partial charge in [0.25, 0.3) is 0 Å². The van der Waals surface area contributed by atoms with Gasteiger partial charge in [0.05, 0.1) is 10.7 Å². The molecule has 0 aliphatic rings. The Hall–Kier alpha value is -2.20. The van der Waals surface area contributed by atoms with Crippen molar-refractivity contribution in [2.24, 2.45) is 0 Å². The molecule has 0 saturated carbocycles. The normalized spacial score (nSPS) is 10.2. The summed E-state index contributed by atoms with van der Waals surface area (Å²) in [6.07, 6.45) is 0. The van der Waals surface area contributed by atoms with Crippen LogP contribution in [0.2, 0.25) is 5.02 Å². The van der Waals surface area contributed by atoms with Gasteiger partial charge in [-0.2, -0.15) is 0 Å². The minimum absolute atomic E-state index is 0.00451. The first kappa shape index (κ1) is 13.2. The number of aromatic carboxylic acids is 1. The molecule has 2 rings (SSSR count). The van der Waals surface area contributed by atoms with Gasteiger partial charge in [-0.05, 0) is 11.6 Å². The van der Waals surface area contributed by atoms with Gasteiger partial charge in [-0.15, -0.1) is 0 Å². The zero-order chi connectivity index (χ0) is 13.8. The van der Waals surface area contributed by atoms with Crippen LogP contribution >= 0.6 is 11.6 Å². The highest BCUT2D eigenvalue weighted by Gasteiger charge is 2.14. The molecule has 0 unspecified atom stereocenters. The third-order valence-corrected chi connectivity index (χ3v) is 2.89. The van der Waals surface area contributed by atoms with Crippen molar-refractivity contribution in [1.82, 2.24) is 0 Å². The lowest BCUT2D eigenvalue weighted by atomic mass is 10.2. The average molecular weight is 278 g/mol. The number of hydrogen-bond acceptors (Lipinski definition) is 3. The third kappa shape index (κ3) is 3.17. The van der Waals surface area contributed by atoms with Crippen LogP contribution in [0.3, 0.4) is 0 Å². The molecule has 2 aromatic rings. The molecule has 0 aliphatic carbocycles. The fraction of sp³-hybridized carbons (Fsp3) is 0.0714. The summed E-state index contributed by atoms with van der Waals surface area (Å²) >= 11 is 5.80. The largest absolute Gasteiger partial charge is 0.488 e. The number of hydrogen-bond donors (Lipinski definition) is 2. The number of nitrogen functional groups attached to an aromatic ring is 1. The van der Waals surface area contributed by atoms with Crippen molar-refractivity contribution in [1.29, 1.82) is 0 Å². The number of ether oxygens (including phenoxy) is 1. The quantitative estimate of drug-likeness (QED) is 0.842. The van der Waals surface area contributed by atoms with Crippen molar-refractivity contribution in [3.05, 3.63) is 58.6 Å². The predicted octanol–water partition coefficient (Wildman–Crippen LogP) is 3.20. The Labute approximate surface area is 115 Å². The number of nitrogens with two attached hydrogens (primary N) is 1. The molecule has 0 aromatic heterocycles. The van der Waals surface area contributed by atoms with Gasteiger partial charge in [0.1, 0.15) is 17.9 Å². The fourth-order valence-corrected chi connectivity index (χ4v) is 1.75. The van der Waals surface area contributed by atoms with Crippen LogP contribution in [0.25, 0.3) is 0 Å². The number of halogens is 1. The molecule has 0 bridgehead atoms. The number of rotatable bonds is 4. The Kier molecular flexibility index (Phi) is 3.92. The lowest BCUT2D eigenvalue weighted by Gasteiger charge is -2.11. The van der Waals surface area contributed by atoms with Gasteiger partial charge in [0.2, 0.25) is 0 Å². The average Bonchev–Trinajstić information content (AvgIpc) is 2.40. The topological polar surface area (TPSA) is 72.5 Å². The molecule has 2 aromatic carbocycles. The first-order valence-corrected chi connectivity index (χ1v) is 5.95. The van der Waals surface area contributed by atoms with E-state index in [1.54, 1.807) is 0 Å². The molecule has 0 atom stereocenters. The SMILES string of the molecule is Nc1cc(OCc2ccccc2)c(C(=O)O)cc1Cl. The smallest absolute Gasteiger partial charge is 0.339 e. The summed E-state index contributed by atoms with van der Waals surface area (Å²) < 4.78 is 5.50. The van der Waals surface area contributed by atoms with Gasteiger partial charge in [-0.25, -0.2) is 4.79 Å². The summed E-state index contributed by atoms with van der Waals surface area (Å²) in [7, 11) is 0. The zero-order valence-corrected chi connectivity index (χ0v) is 10.7. The second-order valence-electron chi connectivity index (χ2n) is 3.95. The molecule has 0 radical (unpaired) electrons. The van der Waals surface area contributed by atoms with Gasteiger partial charge in [-0.1, -0.05) is 41.9 Å². The van der Waals surface area contributed by atoms with Crippen LogP contribution < -0.4 is 10.5 Å². The van der Waals surface area contributed by atoms with Crippen molar-refractivity contribution < 1.29 is 14.6 Å². The summed E-state index contributed by atoms with van der Waals surface area (Å²) in [6.45, 7) is 0.266. The van der Waals surface area contributed by atoms with E-state index in [-0.39, 0.29) is 28.6 Å². The Balaban J connectivity index is 2.24. The van der Waals surface area contributed by atoms with Crippen LogP contribution in [-0.2, 0) is 6.61 Å². The van der Waals surface area contributed by atoms with Gasteiger partial charge in [0.15, 0.2) is 0 Å². The molecule has 0 fully saturated rings. The van der Waals surface area contributed by atoms with E-state index >= 15 is 0 Å². The first-order valence-electron chi connectivity index (χ1n) is 5.57. The van der Waals surface area contributed by atoms with Crippen molar-refractivity contribution in [3.63, 3.8) is 0 Å². The summed E-state index contributed by atoms with van der Waals surface area (Å²) in [5.41, 5.74) is 6.87. The second-order valence-corrected chi connectivity index (χ2v) is 4.36. The molecule has 0 aliphatic heterocycles. The number of benzene rings is 2. The lowest BCUT2D eigenvalue weighted by Crippen LogP contribution is -2.04. The number of anilines is 1. The molecule has 0 spiro atoms. The van der Waals surface area contributed by atoms with E-state index in [9.17, 15) is 4.79 Å². The zero-order valence-electron chi connectivity index (χ0n) is 9.97. The van der Waals surface area contributed by atoms with E-state index in [4.69, 9.17) is 27.2 Å². The molecular formula is C14H12ClNO3. The van der Waals surface area contributed by atoms with Crippen molar-refractivity contribution in [2.75, 3.05) is 5.73 Å². The standard InChI is InChI=1S/C14H12ClNO3/c15-11-6-10(14(17)18)13(7-12(11)16)19-8-9-4-2-1-3-5-9/h1-7H,8,16H2,(H,17,18). The third-order valence-electron chi connectivity index (χ3n) is 2.57. The Morgan fingerprint density at radius 1 is 1.26 bits per heavy atom. The van der Waals surface area contributed by atoms with Gasteiger partial charge in [-0.3, -0.25) is 0 Å². The minimum atomic E-state index is -1.11. The lowest BCUT2D eigenvalue weighted by molar-refractivity contribution is 0.0692. The van der Waals surface area contributed by atoms with Crippen LogP contribution in [-0.4, -0.2) is 11.1 Å². The molecule has 0 heterocycles. The van der Waals surface area contributed by atoms with E-state index in [0.29, 0.717) is 0 Å². The molecular weight excluding hydrogens is 266 g/mol. The predicted molar refractivity (Wildman–Crippen MR) is 73.6 cm³/mol. The monoisotopic (exact) mass is 277 g/mol. The molecule has 98 valence electrons. The minimum Gasteiger partial charge on any atom is -0.488 e. The number of carbonyl (C=O) groups is 1. The van der Waals surface area contributed by atoms with E-state index in [2.05, 4.69) is 0 Å². The molecule has 3 N–H and O–H groups in total. The first-order chi connectivity index (χ1) is 9.08. The van der Waals surface area contributed by atoms with E-state index in [1.165, 1.54) is 12.1 Å². The van der Waals surface area contributed by atoms with Crippen molar-refractivity contribution >= 4 is 23.3 Å². The van der Waals surface area contributed by atoms with Gasteiger partial charge < -0.3 is 15.6 Å². The maximum Gasteiger partial charge on any atom is 0.339 e. The Morgan fingerprint density at radius 2 is 1.95 bits per heavy atom. The molecule has 19 heavy (non-hydrogen) atoms. The van der Waals surface area contributed by atoms with Crippen molar-refractivity contribution in [3.8, 4) is 5.75 Å². The molecule has 0 saturated heterocycles. The fourth-order valence-electron chi connectivity index (χ4n) is 1.59. The summed E-state index contributed by atoms with van der Waals surface area (Å²) in [5.74, 6) is -0.900. The van der Waals surface area contributed by atoms with Crippen LogP contribution in [0.4, 0.5) is 5.69 Å². The molecule has 5 heteroatoms. The molecule has 4 nitrogen and oxygen atoms in total. The summed E-state index contributed by atoms with van der Waals surface area (Å²) in [4.78, 5) is 11.1. The van der Waals surface area contributed by atoms with E-state index in [0.717, 1.165) is 5.56 Å². The number of carboxylic acids is 1. The van der Waals surface area contributed by atoms with E-state index in [1.807, 2.05) is 30.3 Å². The summed E-state index contributed by atoms with van der Waals surface area (Å²) in [6, 6.07) is 12.2. The van der Waals surface area contributed by atoms with Crippen LogP contribution in [0.15, 0.2) is 42.5 Å². The Bertz CT molecular complexity index is 599. The van der Waals surface area contributed by atoms with Gasteiger partial charge in [0, 0.05) is 6.07 Å². The van der Waals surface area contributed by atoms with E-state index < -0.39 is 5.97 Å². The maximum atomic E-state index is 11.1. The number of carboxylic acid groups (broad SMARTS) is 1. The highest BCUT2D eigenvalue weighted by molar-refractivity contribution is 6.33. The highest BCUT2D eigenvalue weighted by atomic mass is 35.5. The van der Waals surface area contributed by atoms with Crippen LogP contribution in [0, 0.1) is 0 Å². The molecule has 0 amide bonds. The maximum absolute atomic E-state index is 11.1. The van der Waals surface area contributed by atoms with Crippen molar-refractivity contribution in [2.45, 2.75) is 6.61 Å². The van der Waals surface area contributed by atoms with Gasteiger partial charge >= 0.3 is 5.97 Å². The summed E-state index contributed by atoms with van der Waals surface area (Å²) in [5, 5.41) is 9.30. The second kappa shape index (κ2) is 5.63. The van der Waals surface area contributed by atoms with Crippen LogP contribution in [0.5, 0.6) is 5.75 Å². The Morgan fingerprint density at radius 3 is 2.58 bits per heavy atom. The highest BCUT2D eigenvalue weighted by Crippen LogP contribution is 2.29.